The molecule has 2 rings (SSSR count). The number of piperidine rings is 1. The molecule has 0 radical (unpaired) electrons. The quantitative estimate of drug-likeness (QED) is 0.761. The van der Waals surface area contributed by atoms with Gasteiger partial charge < -0.3 is 10.6 Å². The Morgan fingerprint density at radius 3 is 2.24 bits per heavy atom. The zero-order chi connectivity index (χ0) is 14.9. The maximum atomic E-state index is 12.0. The van der Waals surface area contributed by atoms with Gasteiger partial charge in [0.05, 0.1) is 5.75 Å². The average Bonchev–Trinajstić information content (AvgIpc) is 3.04. The number of hydrogen-bond acceptors (Lipinski definition) is 4. The molecule has 2 N–H and O–H groups in total. The monoisotopic (exact) mass is 338 g/mol. The lowest BCUT2D eigenvalue weighted by atomic mass is 9.81. The molecule has 1 amide bonds. The number of rotatable bonds is 6. The molecule has 0 aromatic carbocycles. The summed E-state index contributed by atoms with van der Waals surface area (Å²) < 4.78 is 22.8. The first-order chi connectivity index (χ1) is 9.22. The number of hydrogen-bond donors (Lipinski definition) is 2. The third kappa shape index (κ3) is 6.12. The number of amides is 1. The van der Waals surface area contributed by atoms with Crippen LogP contribution in [-0.2, 0) is 14.6 Å². The smallest absolute Gasteiger partial charge is 0.220 e. The minimum atomic E-state index is -3.00. The Morgan fingerprint density at radius 1 is 1.19 bits per heavy atom. The predicted molar refractivity (Wildman–Crippen MR) is 86.5 cm³/mol. The first-order valence-corrected chi connectivity index (χ1v) is 9.43. The molecule has 2 aliphatic rings. The first-order valence-electron chi connectivity index (χ1n) is 7.37. The van der Waals surface area contributed by atoms with E-state index in [2.05, 4.69) is 17.6 Å². The second kappa shape index (κ2) is 6.84. The van der Waals surface area contributed by atoms with E-state index in [1.165, 1.54) is 6.26 Å². The van der Waals surface area contributed by atoms with Gasteiger partial charge >= 0.3 is 0 Å². The van der Waals surface area contributed by atoms with E-state index < -0.39 is 9.84 Å². The molecule has 0 aromatic heterocycles. The summed E-state index contributed by atoms with van der Waals surface area (Å²) in [5, 5.41) is 6.34. The van der Waals surface area contributed by atoms with Crippen molar-refractivity contribution in [3.63, 3.8) is 0 Å². The van der Waals surface area contributed by atoms with Gasteiger partial charge in [-0.25, -0.2) is 8.42 Å². The van der Waals surface area contributed by atoms with Crippen molar-refractivity contribution in [1.29, 1.82) is 0 Å². The van der Waals surface area contributed by atoms with E-state index in [0.29, 0.717) is 13.0 Å². The van der Waals surface area contributed by atoms with Crippen molar-refractivity contribution in [2.24, 2.45) is 10.8 Å². The Kier molecular flexibility index (Phi) is 6.09. The third-order valence-corrected chi connectivity index (χ3v) is 5.72. The highest BCUT2D eigenvalue weighted by Gasteiger charge is 2.46. The third-order valence-electron chi connectivity index (χ3n) is 4.58. The standard InChI is InChI=1S/C14H26N2O3S.ClH/c1-13(5-7-15-8-6-13)10-16-12(17)9-14(3-4-14)11-20(2,18)19;/h15H,3-11H2,1-2H3,(H,16,17);1H. The molecule has 1 aliphatic carbocycles. The molecule has 0 spiro atoms. The fraction of sp³-hybridized carbons (Fsp3) is 0.929. The molecule has 1 aliphatic heterocycles. The van der Waals surface area contributed by atoms with Crippen LogP contribution < -0.4 is 10.6 Å². The van der Waals surface area contributed by atoms with Crippen molar-refractivity contribution >= 4 is 28.2 Å². The second-order valence-electron chi connectivity index (χ2n) is 7.08. The molecule has 2 fully saturated rings. The van der Waals surface area contributed by atoms with Crippen molar-refractivity contribution in [1.82, 2.24) is 10.6 Å². The number of sulfone groups is 1. The molecular weight excluding hydrogens is 312 g/mol. The summed E-state index contributed by atoms with van der Waals surface area (Å²) in [5.41, 5.74) is -0.0961. The molecule has 1 saturated carbocycles. The van der Waals surface area contributed by atoms with Gasteiger partial charge in [0, 0.05) is 19.2 Å². The van der Waals surface area contributed by atoms with Gasteiger partial charge in [-0.3, -0.25) is 4.79 Å². The van der Waals surface area contributed by atoms with Gasteiger partial charge in [-0.2, -0.15) is 0 Å². The summed E-state index contributed by atoms with van der Waals surface area (Å²) in [7, 11) is -3.00. The molecule has 0 aromatic rings. The average molecular weight is 339 g/mol. The minimum absolute atomic E-state index is 0. The van der Waals surface area contributed by atoms with Crippen molar-refractivity contribution in [3.8, 4) is 0 Å². The SMILES string of the molecule is CC1(CNC(=O)CC2(CS(C)(=O)=O)CC2)CCNCC1.Cl. The van der Waals surface area contributed by atoms with Gasteiger partial charge in [-0.05, 0) is 49.6 Å². The molecule has 1 heterocycles. The highest BCUT2D eigenvalue weighted by atomic mass is 35.5. The van der Waals surface area contributed by atoms with Crippen molar-refractivity contribution in [2.45, 2.75) is 39.0 Å². The van der Waals surface area contributed by atoms with Crippen LogP contribution in [0.3, 0.4) is 0 Å². The van der Waals surface area contributed by atoms with Crippen LogP contribution in [0.25, 0.3) is 0 Å². The number of halogens is 1. The Labute approximate surface area is 134 Å². The molecule has 124 valence electrons. The topological polar surface area (TPSA) is 75.3 Å². The van der Waals surface area contributed by atoms with E-state index in [0.717, 1.165) is 38.8 Å². The fourth-order valence-electron chi connectivity index (χ4n) is 3.03. The van der Waals surface area contributed by atoms with Crippen molar-refractivity contribution < 1.29 is 13.2 Å². The minimum Gasteiger partial charge on any atom is -0.356 e. The highest BCUT2D eigenvalue weighted by Crippen LogP contribution is 2.49. The molecule has 0 atom stereocenters. The summed E-state index contributed by atoms with van der Waals surface area (Å²) in [6.45, 7) is 4.91. The van der Waals surface area contributed by atoms with Gasteiger partial charge in [0.1, 0.15) is 9.84 Å². The second-order valence-corrected chi connectivity index (χ2v) is 9.22. The Bertz CT molecular complexity index is 469. The van der Waals surface area contributed by atoms with E-state index in [4.69, 9.17) is 0 Å². The summed E-state index contributed by atoms with van der Waals surface area (Å²) in [4.78, 5) is 12.0. The molecule has 21 heavy (non-hydrogen) atoms. The summed E-state index contributed by atoms with van der Waals surface area (Å²) in [6.07, 6.45) is 5.46. The van der Waals surface area contributed by atoms with Crippen LogP contribution in [0.15, 0.2) is 0 Å². The fourth-order valence-corrected chi connectivity index (χ4v) is 4.53. The van der Waals surface area contributed by atoms with Gasteiger partial charge in [-0.1, -0.05) is 6.92 Å². The molecule has 1 saturated heterocycles. The highest BCUT2D eigenvalue weighted by molar-refractivity contribution is 7.90. The van der Waals surface area contributed by atoms with E-state index >= 15 is 0 Å². The molecule has 5 nitrogen and oxygen atoms in total. The normalized spacial score (nSPS) is 23.0. The summed E-state index contributed by atoms with van der Waals surface area (Å²) >= 11 is 0. The van der Waals surface area contributed by atoms with Gasteiger partial charge in [0.2, 0.25) is 5.91 Å². The van der Waals surface area contributed by atoms with E-state index in [1.54, 1.807) is 0 Å². The number of nitrogens with one attached hydrogen (secondary N) is 2. The Balaban J connectivity index is 0.00000220. The van der Waals surface area contributed by atoms with Crippen LogP contribution in [-0.4, -0.2) is 46.0 Å². The van der Waals surface area contributed by atoms with Gasteiger partial charge in [0.15, 0.2) is 0 Å². The van der Waals surface area contributed by atoms with Crippen LogP contribution >= 0.6 is 12.4 Å². The lowest BCUT2D eigenvalue weighted by Gasteiger charge is -2.34. The molecule has 0 unspecified atom stereocenters. The van der Waals surface area contributed by atoms with Crippen LogP contribution in [0, 0.1) is 10.8 Å². The van der Waals surface area contributed by atoms with Crippen LogP contribution in [0.4, 0.5) is 0 Å². The maximum absolute atomic E-state index is 12.0. The Morgan fingerprint density at radius 2 is 1.76 bits per heavy atom. The lowest BCUT2D eigenvalue weighted by molar-refractivity contribution is -0.122. The molecular formula is C14H27ClN2O3S. The first kappa shape index (κ1) is 18.7. The summed E-state index contributed by atoms with van der Waals surface area (Å²) in [6, 6.07) is 0. The van der Waals surface area contributed by atoms with Crippen molar-refractivity contribution in [3.05, 3.63) is 0 Å². The van der Waals surface area contributed by atoms with E-state index in [9.17, 15) is 13.2 Å². The van der Waals surface area contributed by atoms with Crippen molar-refractivity contribution in [2.75, 3.05) is 31.6 Å². The largest absolute Gasteiger partial charge is 0.356 e. The van der Waals surface area contributed by atoms with Crippen LogP contribution in [0.5, 0.6) is 0 Å². The number of carbonyl (C=O) groups is 1. The van der Waals surface area contributed by atoms with Gasteiger partial charge in [0.25, 0.3) is 0 Å². The lowest BCUT2D eigenvalue weighted by Crippen LogP contribution is -2.43. The summed E-state index contributed by atoms with van der Waals surface area (Å²) in [5.74, 6) is 0.153. The zero-order valence-electron chi connectivity index (χ0n) is 12.9. The zero-order valence-corrected chi connectivity index (χ0v) is 14.5. The van der Waals surface area contributed by atoms with Gasteiger partial charge in [-0.15, -0.1) is 12.4 Å². The van der Waals surface area contributed by atoms with E-state index in [-0.39, 0.29) is 34.9 Å². The van der Waals surface area contributed by atoms with Crippen LogP contribution in [0.1, 0.15) is 39.0 Å². The maximum Gasteiger partial charge on any atom is 0.220 e. The van der Waals surface area contributed by atoms with E-state index in [1.807, 2.05) is 0 Å². The van der Waals surface area contributed by atoms with Crippen LogP contribution in [0.2, 0.25) is 0 Å². The molecule has 0 bridgehead atoms. The predicted octanol–water partition coefficient (Wildman–Crippen LogP) is 1.13. The number of carbonyl (C=O) groups excluding carboxylic acids is 1. The molecule has 7 heteroatoms. The Hall–Kier alpha value is -0.330.